The first-order chi connectivity index (χ1) is 10.9. The largest absolute Gasteiger partial charge is 0.393 e. The van der Waals surface area contributed by atoms with Crippen molar-refractivity contribution in [3.63, 3.8) is 0 Å². The molecule has 1 fully saturated rings. The van der Waals surface area contributed by atoms with Crippen LogP contribution in [0, 0.1) is 0 Å². The second-order valence-electron chi connectivity index (χ2n) is 5.45. The van der Waals surface area contributed by atoms with Gasteiger partial charge in [0.15, 0.2) is 17.0 Å². The number of aromatic nitrogens is 4. The number of fused-ring (bicyclic) bond motifs is 1. The van der Waals surface area contributed by atoms with Crippen LogP contribution in [0.4, 0.5) is 0 Å². The van der Waals surface area contributed by atoms with Gasteiger partial charge in [0.2, 0.25) is 5.28 Å². The topological polar surface area (TPSA) is 103 Å². The number of aliphatic hydroxyl groups excluding tert-OH is 2. The van der Waals surface area contributed by atoms with Crippen molar-refractivity contribution in [3.05, 3.63) is 16.8 Å². The first-order valence-electron chi connectivity index (χ1n) is 7.05. The Bertz CT molecular complexity index is 727. The van der Waals surface area contributed by atoms with Crippen LogP contribution in [0.1, 0.15) is 20.1 Å². The van der Waals surface area contributed by atoms with Gasteiger partial charge in [-0.05, 0) is 25.4 Å². The summed E-state index contributed by atoms with van der Waals surface area (Å²) in [4.78, 5) is 12.1. The first-order valence-corrected chi connectivity index (χ1v) is 7.80. The molecule has 1 aliphatic heterocycles. The minimum Gasteiger partial charge on any atom is -0.393 e. The highest BCUT2D eigenvalue weighted by molar-refractivity contribution is 6.35. The van der Waals surface area contributed by atoms with Crippen molar-refractivity contribution in [1.29, 1.82) is 0 Å². The standard InChI is InChI=1S/C13H16Cl2N4O4/c1-3-22-7-8(21)13(2,4-20)23-11(7)19-5-16-6-9(14)17-12(15)18-10(6)19/h5,7-8,11,20-21H,3-4H2,1-2H3/t7?,8?,11?,13-/m1/s1. The Balaban J connectivity index is 2.09. The van der Waals surface area contributed by atoms with Gasteiger partial charge in [0, 0.05) is 6.61 Å². The molecule has 4 atom stereocenters. The molecule has 1 aliphatic rings. The van der Waals surface area contributed by atoms with E-state index in [0.717, 1.165) is 0 Å². The normalized spacial score (nSPS) is 31.1. The molecule has 2 N–H and O–H groups in total. The summed E-state index contributed by atoms with van der Waals surface area (Å²) in [6.45, 7) is 3.42. The lowest BCUT2D eigenvalue weighted by molar-refractivity contribution is -0.116. The molecule has 2 aromatic rings. The maximum absolute atomic E-state index is 10.5. The fourth-order valence-electron chi connectivity index (χ4n) is 2.67. The van der Waals surface area contributed by atoms with E-state index in [1.165, 1.54) is 6.33 Å². The fraction of sp³-hybridized carbons (Fsp3) is 0.615. The molecule has 0 aromatic carbocycles. The molecule has 3 unspecified atom stereocenters. The predicted molar refractivity (Wildman–Crippen MR) is 82.4 cm³/mol. The van der Waals surface area contributed by atoms with Gasteiger partial charge in [0.25, 0.3) is 0 Å². The van der Waals surface area contributed by atoms with Crippen molar-refractivity contribution < 1.29 is 19.7 Å². The molecule has 0 saturated carbocycles. The molecule has 3 heterocycles. The number of aliphatic hydroxyl groups is 2. The van der Waals surface area contributed by atoms with Crippen molar-refractivity contribution in [2.75, 3.05) is 13.2 Å². The first kappa shape index (κ1) is 16.8. The molecule has 0 bridgehead atoms. The zero-order valence-electron chi connectivity index (χ0n) is 12.5. The van der Waals surface area contributed by atoms with Gasteiger partial charge in [-0.3, -0.25) is 4.57 Å². The molecule has 0 spiro atoms. The second-order valence-corrected chi connectivity index (χ2v) is 6.15. The van der Waals surface area contributed by atoms with Crippen molar-refractivity contribution in [3.8, 4) is 0 Å². The van der Waals surface area contributed by atoms with Gasteiger partial charge < -0.3 is 19.7 Å². The lowest BCUT2D eigenvalue weighted by Crippen LogP contribution is -2.44. The van der Waals surface area contributed by atoms with Gasteiger partial charge in [-0.2, -0.15) is 4.98 Å². The van der Waals surface area contributed by atoms with Gasteiger partial charge >= 0.3 is 0 Å². The number of halogens is 2. The van der Waals surface area contributed by atoms with Crippen LogP contribution >= 0.6 is 23.2 Å². The zero-order valence-corrected chi connectivity index (χ0v) is 14.0. The lowest BCUT2D eigenvalue weighted by Gasteiger charge is -2.25. The summed E-state index contributed by atoms with van der Waals surface area (Å²) in [6.07, 6.45) is -1.01. The Morgan fingerprint density at radius 2 is 2.17 bits per heavy atom. The molecule has 0 amide bonds. The summed E-state index contributed by atoms with van der Waals surface area (Å²) < 4.78 is 13.0. The van der Waals surface area contributed by atoms with Crippen molar-refractivity contribution in [2.45, 2.75) is 37.9 Å². The summed E-state index contributed by atoms with van der Waals surface area (Å²) in [5.41, 5.74) is -0.442. The number of hydrogen-bond acceptors (Lipinski definition) is 7. The maximum Gasteiger partial charge on any atom is 0.225 e. The van der Waals surface area contributed by atoms with E-state index in [0.29, 0.717) is 17.8 Å². The Labute approximate surface area is 142 Å². The zero-order chi connectivity index (χ0) is 16.8. The van der Waals surface area contributed by atoms with Crippen LogP contribution in [0.3, 0.4) is 0 Å². The lowest BCUT2D eigenvalue weighted by atomic mass is 9.98. The average Bonchev–Trinajstić information content (AvgIpc) is 3.02. The van der Waals surface area contributed by atoms with E-state index in [1.807, 2.05) is 0 Å². The highest BCUT2D eigenvalue weighted by atomic mass is 35.5. The average molecular weight is 363 g/mol. The third-order valence-electron chi connectivity index (χ3n) is 3.91. The number of nitrogens with zero attached hydrogens (tertiary/aromatic N) is 4. The molecule has 1 saturated heterocycles. The van der Waals surface area contributed by atoms with Gasteiger partial charge in [0.1, 0.15) is 23.3 Å². The van der Waals surface area contributed by atoms with Crippen LogP contribution in [-0.4, -0.2) is 60.8 Å². The van der Waals surface area contributed by atoms with E-state index in [1.54, 1.807) is 18.4 Å². The monoisotopic (exact) mass is 362 g/mol. The smallest absolute Gasteiger partial charge is 0.225 e. The fourth-order valence-corrected chi connectivity index (χ4v) is 3.09. The summed E-state index contributed by atoms with van der Waals surface area (Å²) >= 11 is 11.9. The molecular weight excluding hydrogens is 347 g/mol. The number of ether oxygens (including phenoxy) is 2. The summed E-state index contributed by atoms with van der Waals surface area (Å²) in [6, 6.07) is 0. The van der Waals surface area contributed by atoms with E-state index >= 15 is 0 Å². The number of rotatable bonds is 4. The molecular formula is C13H16Cl2N4O4. The van der Waals surface area contributed by atoms with Gasteiger partial charge in [-0.25, -0.2) is 9.97 Å². The van der Waals surface area contributed by atoms with E-state index in [2.05, 4.69) is 15.0 Å². The van der Waals surface area contributed by atoms with Crippen LogP contribution in [0.15, 0.2) is 6.33 Å². The van der Waals surface area contributed by atoms with E-state index < -0.39 is 24.0 Å². The van der Waals surface area contributed by atoms with Crippen LogP contribution in [0.5, 0.6) is 0 Å². The van der Waals surface area contributed by atoms with Crippen LogP contribution < -0.4 is 0 Å². The van der Waals surface area contributed by atoms with E-state index in [-0.39, 0.29) is 17.0 Å². The van der Waals surface area contributed by atoms with Crippen molar-refractivity contribution >= 4 is 34.4 Å². The molecule has 3 rings (SSSR count). The quantitative estimate of drug-likeness (QED) is 0.621. The molecule has 0 radical (unpaired) electrons. The Kier molecular flexibility index (Phi) is 4.47. The Morgan fingerprint density at radius 3 is 2.83 bits per heavy atom. The van der Waals surface area contributed by atoms with Gasteiger partial charge in [-0.1, -0.05) is 11.6 Å². The number of imidazole rings is 1. The third kappa shape index (κ3) is 2.69. The molecule has 8 nitrogen and oxygen atoms in total. The second kappa shape index (κ2) is 6.12. The summed E-state index contributed by atoms with van der Waals surface area (Å²) in [5, 5.41) is 20.1. The third-order valence-corrected chi connectivity index (χ3v) is 4.34. The number of hydrogen-bond donors (Lipinski definition) is 2. The maximum atomic E-state index is 10.5. The van der Waals surface area contributed by atoms with Crippen LogP contribution in [-0.2, 0) is 9.47 Å². The highest BCUT2D eigenvalue weighted by Crippen LogP contribution is 2.40. The van der Waals surface area contributed by atoms with Gasteiger partial charge in [0.05, 0.1) is 12.9 Å². The Morgan fingerprint density at radius 1 is 1.43 bits per heavy atom. The van der Waals surface area contributed by atoms with Crippen LogP contribution in [0.25, 0.3) is 11.2 Å². The highest BCUT2D eigenvalue weighted by Gasteiger charge is 2.53. The molecule has 126 valence electrons. The van der Waals surface area contributed by atoms with Crippen LogP contribution in [0.2, 0.25) is 10.4 Å². The van der Waals surface area contributed by atoms with Crippen molar-refractivity contribution in [1.82, 2.24) is 19.5 Å². The van der Waals surface area contributed by atoms with E-state index in [4.69, 9.17) is 32.7 Å². The van der Waals surface area contributed by atoms with E-state index in [9.17, 15) is 10.2 Å². The van der Waals surface area contributed by atoms with Crippen molar-refractivity contribution in [2.24, 2.45) is 0 Å². The SMILES string of the molecule is CCOC1C(n2cnc3c(Cl)nc(Cl)nc32)O[C@](C)(CO)C1O. The molecule has 0 aliphatic carbocycles. The predicted octanol–water partition coefficient (Wildman–Crippen LogP) is 1.18. The minimum absolute atomic E-state index is 0.0272. The minimum atomic E-state index is -1.16. The summed E-state index contributed by atoms with van der Waals surface area (Å²) in [7, 11) is 0. The molecule has 10 heteroatoms. The van der Waals surface area contributed by atoms with Gasteiger partial charge in [-0.15, -0.1) is 0 Å². The Hall–Kier alpha value is -1.03. The molecule has 2 aromatic heterocycles. The molecule has 23 heavy (non-hydrogen) atoms. The summed E-state index contributed by atoms with van der Waals surface area (Å²) in [5.74, 6) is 0.